The van der Waals surface area contributed by atoms with E-state index in [1.54, 1.807) is 0 Å². The number of hydrogen-bond donors (Lipinski definition) is 3. The van der Waals surface area contributed by atoms with Gasteiger partial charge >= 0.3 is 19.4 Å². The summed E-state index contributed by atoms with van der Waals surface area (Å²) in [5.74, 6) is -1.21. The molecule has 4 N–H and O–H groups in total. The number of aliphatic carboxylic acids is 1. The minimum atomic E-state index is -4.18. The van der Waals surface area contributed by atoms with Gasteiger partial charge in [-0.2, -0.15) is 9.65 Å². The molecule has 3 heterocycles. The smallest absolute Gasteiger partial charge is 0.409 e. The van der Waals surface area contributed by atoms with Crippen molar-refractivity contribution in [3.8, 4) is 0 Å². The predicted molar refractivity (Wildman–Crippen MR) is 125 cm³/mol. The lowest BCUT2D eigenvalue weighted by Gasteiger charge is -2.40. The Labute approximate surface area is 203 Å². The van der Waals surface area contributed by atoms with Crippen molar-refractivity contribution in [1.82, 2.24) is 14.2 Å². The number of anilines is 1. The molecule has 6 atom stereocenters. The molecule has 0 aliphatic carbocycles. The highest BCUT2D eigenvalue weighted by Crippen LogP contribution is 2.60. The van der Waals surface area contributed by atoms with Crippen molar-refractivity contribution >= 4 is 19.5 Å². The molecule has 14 heteroatoms. The molecule has 2 aliphatic heterocycles. The van der Waals surface area contributed by atoms with Gasteiger partial charge in [-0.15, -0.1) is 0 Å². The summed E-state index contributed by atoms with van der Waals surface area (Å²) < 4.78 is 38.7. The van der Waals surface area contributed by atoms with Gasteiger partial charge < -0.3 is 25.4 Å². The number of aromatic nitrogens is 2. The van der Waals surface area contributed by atoms with Crippen LogP contribution in [0, 0.1) is 0 Å². The Kier molecular flexibility index (Phi) is 9.08. The fourth-order valence-electron chi connectivity index (χ4n) is 4.17. The van der Waals surface area contributed by atoms with Gasteiger partial charge in [0.1, 0.15) is 29.7 Å². The van der Waals surface area contributed by atoms with E-state index in [-0.39, 0.29) is 25.6 Å². The average Bonchev–Trinajstić information content (AvgIpc) is 3.05. The highest BCUT2D eigenvalue weighted by atomic mass is 31.2. The van der Waals surface area contributed by atoms with Crippen LogP contribution in [0.4, 0.5) is 5.82 Å². The van der Waals surface area contributed by atoms with Crippen molar-refractivity contribution < 1.29 is 38.1 Å². The van der Waals surface area contributed by atoms with Crippen molar-refractivity contribution in [2.24, 2.45) is 0 Å². The molecular formula is C21H35N4O9P. The maximum Gasteiger partial charge on any atom is 0.409 e. The molecule has 13 nitrogen and oxygen atoms in total. The Morgan fingerprint density at radius 3 is 2.83 bits per heavy atom. The Morgan fingerprint density at radius 1 is 1.43 bits per heavy atom. The van der Waals surface area contributed by atoms with Crippen molar-refractivity contribution in [2.75, 3.05) is 32.1 Å². The van der Waals surface area contributed by atoms with Crippen LogP contribution in [0.2, 0.25) is 0 Å². The van der Waals surface area contributed by atoms with Crippen LogP contribution in [0.15, 0.2) is 17.1 Å². The fraction of sp³-hybridized carbons (Fsp3) is 0.762. The number of nitrogens with zero attached hydrogens (tertiary/aromatic N) is 3. The number of nitrogen functional groups attached to an aromatic ring is 1. The quantitative estimate of drug-likeness (QED) is 0.268. The molecule has 0 spiro atoms. The van der Waals surface area contributed by atoms with Crippen LogP contribution in [0.3, 0.4) is 0 Å². The number of carboxylic acids is 1. The van der Waals surface area contributed by atoms with Gasteiger partial charge in [-0.25, -0.2) is 9.36 Å². The van der Waals surface area contributed by atoms with Gasteiger partial charge in [-0.1, -0.05) is 26.2 Å². The van der Waals surface area contributed by atoms with Gasteiger partial charge in [0.25, 0.3) is 0 Å². The third-order valence-electron chi connectivity index (χ3n) is 6.20. The summed E-state index contributed by atoms with van der Waals surface area (Å²) in [7, 11) is -4.18. The lowest BCUT2D eigenvalue weighted by atomic mass is 9.96. The molecule has 1 unspecified atom stereocenters. The number of carboxylic acid groups (broad SMARTS) is 1. The summed E-state index contributed by atoms with van der Waals surface area (Å²) in [5.41, 5.74) is 2.98. The predicted octanol–water partition coefficient (Wildman–Crippen LogP) is 1.37. The SMILES string of the molecule is CCCCCCOCCN([C@@H](C)C(=O)O)P1(=O)OC[C@H]2O[C@@H](n3ccc(N)nc3=O)[C@](C)(O)[C@@H]2O1. The summed E-state index contributed by atoms with van der Waals surface area (Å²) in [6, 6.07) is 0.164. The van der Waals surface area contributed by atoms with Crippen LogP contribution < -0.4 is 11.4 Å². The van der Waals surface area contributed by atoms with Crippen LogP contribution >= 0.6 is 7.75 Å². The Hall–Kier alpha value is -1.86. The van der Waals surface area contributed by atoms with E-state index in [2.05, 4.69) is 11.9 Å². The minimum Gasteiger partial charge on any atom is -0.480 e. The van der Waals surface area contributed by atoms with Gasteiger partial charge in [0.05, 0.1) is 13.2 Å². The third kappa shape index (κ3) is 6.11. The third-order valence-corrected chi connectivity index (χ3v) is 8.34. The molecule has 3 rings (SSSR count). The lowest BCUT2D eigenvalue weighted by molar-refractivity contribution is -0.142. The van der Waals surface area contributed by atoms with E-state index in [9.17, 15) is 24.4 Å². The topological polar surface area (TPSA) is 176 Å². The fourth-order valence-corrected chi connectivity index (χ4v) is 6.32. The molecule has 2 fully saturated rings. The second-order valence-electron chi connectivity index (χ2n) is 8.94. The van der Waals surface area contributed by atoms with Crippen LogP contribution in [0.25, 0.3) is 0 Å². The van der Waals surface area contributed by atoms with Crippen LogP contribution in [0.1, 0.15) is 52.7 Å². The molecule has 2 aliphatic rings. The summed E-state index contributed by atoms with van der Waals surface area (Å²) in [6.45, 7) is 5.21. The number of rotatable bonds is 12. The molecule has 1 aromatic rings. The number of carbonyl (C=O) groups is 1. The molecular weight excluding hydrogens is 483 g/mol. The van der Waals surface area contributed by atoms with Gasteiger partial charge in [0.2, 0.25) is 0 Å². The zero-order valence-electron chi connectivity index (χ0n) is 20.2. The number of unbranched alkanes of at least 4 members (excludes halogenated alkanes) is 3. The van der Waals surface area contributed by atoms with Gasteiger partial charge in [-0.3, -0.25) is 18.4 Å². The standard InChI is InChI=1S/C21H35N4O9P/c1-4-5-6-7-11-31-12-10-25(14(2)18(26)27)35(30)32-13-15-17(34-35)21(3,29)19(33-15)24-9-8-16(22)23-20(24)28/h8-9,14-15,17,19,29H,4-7,10-13H2,1-3H3,(H,26,27)(H2,22,23,28)/t14-,15+,17+,19+,21+,35?/m0/s1. The number of hydrogen-bond acceptors (Lipinski definition) is 10. The van der Waals surface area contributed by atoms with E-state index in [0.29, 0.717) is 6.61 Å². The molecule has 0 amide bonds. The maximum atomic E-state index is 13.8. The van der Waals surface area contributed by atoms with Crippen LogP contribution in [-0.4, -0.2) is 80.6 Å². The summed E-state index contributed by atoms with van der Waals surface area (Å²) in [5, 5.41) is 20.9. The Morgan fingerprint density at radius 2 is 2.17 bits per heavy atom. The summed E-state index contributed by atoms with van der Waals surface area (Å²) in [4.78, 5) is 27.7. The van der Waals surface area contributed by atoms with Gasteiger partial charge in [0, 0.05) is 19.3 Å². The van der Waals surface area contributed by atoms with E-state index >= 15 is 0 Å². The van der Waals surface area contributed by atoms with E-state index < -0.39 is 49.5 Å². The molecule has 0 saturated carbocycles. The molecule has 35 heavy (non-hydrogen) atoms. The number of fused-ring (bicyclic) bond motifs is 1. The van der Waals surface area contributed by atoms with E-state index in [1.165, 1.54) is 26.1 Å². The first-order valence-electron chi connectivity index (χ1n) is 11.7. The summed E-state index contributed by atoms with van der Waals surface area (Å²) in [6.07, 6.45) is 2.19. The normalized spacial score (nSPS) is 31.4. The number of ether oxygens (including phenoxy) is 2. The van der Waals surface area contributed by atoms with Crippen molar-refractivity contribution in [3.63, 3.8) is 0 Å². The molecule has 0 radical (unpaired) electrons. The number of nitrogens with two attached hydrogens (primary N) is 1. The zero-order valence-corrected chi connectivity index (χ0v) is 21.1. The van der Waals surface area contributed by atoms with E-state index in [0.717, 1.165) is 34.9 Å². The monoisotopic (exact) mass is 518 g/mol. The minimum absolute atomic E-state index is 0.0104. The molecule has 1 aromatic heterocycles. The van der Waals surface area contributed by atoms with E-state index in [4.69, 9.17) is 24.3 Å². The molecule has 2 saturated heterocycles. The molecule has 198 valence electrons. The largest absolute Gasteiger partial charge is 0.480 e. The first-order valence-corrected chi connectivity index (χ1v) is 13.2. The van der Waals surface area contributed by atoms with Crippen LogP contribution in [-0.2, 0) is 27.9 Å². The highest BCUT2D eigenvalue weighted by molar-refractivity contribution is 7.51. The van der Waals surface area contributed by atoms with Crippen molar-refractivity contribution in [3.05, 3.63) is 22.7 Å². The Balaban J connectivity index is 1.75. The second-order valence-corrected chi connectivity index (χ2v) is 10.9. The van der Waals surface area contributed by atoms with Gasteiger partial charge in [0.15, 0.2) is 6.23 Å². The van der Waals surface area contributed by atoms with Crippen molar-refractivity contribution in [1.29, 1.82) is 0 Å². The van der Waals surface area contributed by atoms with Crippen LogP contribution in [0.5, 0.6) is 0 Å². The second kappa shape index (κ2) is 11.5. The maximum absolute atomic E-state index is 13.8. The van der Waals surface area contributed by atoms with E-state index in [1.807, 2.05) is 0 Å². The Bertz CT molecular complexity index is 988. The first-order chi connectivity index (χ1) is 16.5. The van der Waals surface area contributed by atoms with Gasteiger partial charge in [-0.05, 0) is 26.3 Å². The van der Waals surface area contributed by atoms with Crippen molar-refractivity contribution in [2.45, 2.75) is 76.5 Å². The lowest BCUT2D eigenvalue weighted by Crippen LogP contribution is -2.51. The summed E-state index contributed by atoms with van der Waals surface area (Å²) >= 11 is 0. The highest BCUT2D eigenvalue weighted by Gasteiger charge is 2.61. The first kappa shape index (κ1) is 27.7. The average molecular weight is 519 g/mol. The molecule has 0 aromatic carbocycles. The molecule has 0 bridgehead atoms. The number of aliphatic hydroxyl groups is 1. The zero-order chi connectivity index (χ0) is 25.8.